The summed E-state index contributed by atoms with van der Waals surface area (Å²) in [5, 5.41) is 12.5. The van der Waals surface area contributed by atoms with Gasteiger partial charge in [0.2, 0.25) is 0 Å². The maximum atomic E-state index is 11.8. The van der Waals surface area contributed by atoms with Crippen molar-refractivity contribution in [2.75, 3.05) is 13.7 Å². The van der Waals surface area contributed by atoms with Gasteiger partial charge in [0, 0.05) is 12.6 Å². The van der Waals surface area contributed by atoms with Gasteiger partial charge in [-0.1, -0.05) is 12.8 Å². The summed E-state index contributed by atoms with van der Waals surface area (Å²) in [6, 6.07) is 4.67. The molecule has 1 fully saturated rings. The van der Waals surface area contributed by atoms with Gasteiger partial charge < -0.3 is 15.2 Å². The Morgan fingerprint density at radius 1 is 1.53 bits per heavy atom. The summed E-state index contributed by atoms with van der Waals surface area (Å²) in [5.41, 5.74) is 0.293. The molecule has 2 N–H and O–H groups in total. The van der Waals surface area contributed by atoms with Gasteiger partial charge in [-0.3, -0.25) is 4.79 Å². The molecule has 0 saturated heterocycles. The van der Waals surface area contributed by atoms with Crippen molar-refractivity contribution in [1.82, 2.24) is 5.32 Å². The zero-order valence-corrected chi connectivity index (χ0v) is 9.90. The van der Waals surface area contributed by atoms with Crippen molar-refractivity contribution in [3.63, 3.8) is 0 Å². The molecule has 0 spiro atoms. The van der Waals surface area contributed by atoms with Gasteiger partial charge in [0.15, 0.2) is 0 Å². The van der Waals surface area contributed by atoms with E-state index in [1.54, 1.807) is 12.1 Å². The number of phenols is 1. The normalized spacial score (nSPS) is 14.4. The van der Waals surface area contributed by atoms with Gasteiger partial charge in [-0.25, -0.2) is 0 Å². The van der Waals surface area contributed by atoms with Crippen molar-refractivity contribution in [2.24, 2.45) is 5.92 Å². The molecular weight excluding hydrogens is 218 g/mol. The lowest BCUT2D eigenvalue weighted by Crippen LogP contribution is -2.24. The number of carbonyl (C=O) groups excluding carboxylic acids is 1. The monoisotopic (exact) mass is 235 g/mol. The maximum Gasteiger partial charge on any atom is 0.255 e. The zero-order chi connectivity index (χ0) is 12.3. The Kier molecular flexibility index (Phi) is 3.52. The fraction of sp³-hybridized carbons (Fsp3) is 0.462. The fourth-order valence-corrected chi connectivity index (χ4v) is 1.72. The number of nitrogens with one attached hydrogen (secondary N) is 1. The van der Waals surface area contributed by atoms with Gasteiger partial charge in [0.1, 0.15) is 11.5 Å². The smallest absolute Gasteiger partial charge is 0.255 e. The first-order valence-corrected chi connectivity index (χ1v) is 5.86. The molecule has 1 aromatic carbocycles. The Balaban J connectivity index is 1.92. The van der Waals surface area contributed by atoms with E-state index in [1.807, 2.05) is 0 Å². The number of carbonyl (C=O) groups is 1. The van der Waals surface area contributed by atoms with E-state index in [-0.39, 0.29) is 11.7 Å². The van der Waals surface area contributed by atoms with Gasteiger partial charge in [-0.2, -0.15) is 0 Å². The van der Waals surface area contributed by atoms with Gasteiger partial charge in [-0.15, -0.1) is 0 Å². The largest absolute Gasteiger partial charge is 0.507 e. The van der Waals surface area contributed by atoms with Crippen LogP contribution in [0.2, 0.25) is 0 Å². The van der Waals surface area contributed by atoms with Crippen LogP contribution in [-0.2, 0) is 0 Å². The highest BCUT2D eigenvalue weighted by Gasteiger charge is 2.21. The lowest BCUT2D eigenvalue weighted by molar-refractivity contribution is 0.0950. The van der Waals surface area contributed by atoms with Gasteiger partial charge in [0.05, 0.1) is 12.7 Å². The molecule has 0 aromatic heterocycles. The average molecular weight is 235 g/mol. The molecule has 0 atom stereocenters. The van der Waals surface area contributed by atoms with E-state index in [9.17, 15) is 9.90 Å². The number of phenolic OH excluding ortho intramolecular Hbond substituents is 1. The van der Waals surface area contributed by atoms with E-state index in [2.05, 4.69) is 5.32 Å². The van der Waals surface area contributed by atoms with E-state index in [4.69, 9.17) is 4.74 Å². The van der Waals surface area contributed by atoms with Gasteiger partial charge in [0.25, 0.3) is 5.91 Å². The van der Waals surface area contributed by atoms with Crippen LogP contribution in [0.1, 0.15) is 29.6 Å². The third kappa shape index (κ3) is 3.12. The summed E-state index contributed by atoms with van der Waals surface area (Å²) in [7, 11) is 1.52. The minimum Gasteiger partial charge on any atom is -0.507 e. The highest BCUT2D eigenvalue weighted by molar-refractivity contribution is 5.96. The lowest BCUT2D eigenvalue weighted by Gasteiger charge is -2.07. The zero-order valence-electron chi connectivity index (χ0n) is 9.90. The van der Waals surface area contributed by atoms with Crippen molar-refractivity contribution in [3.8, 4) is 11.5 Å². The third-order valence-electron chi connectivity index (χ3n) is 2.98. The average Bonchev–Trinajstić information content (AvgIpc) is 3.12. The van der Waals surface area contributed by atoms with E-state index in [0.717, 1.165) is 12.3 Å². The molecule has 0 bridgehead atoms. The topological polar surface area (TPSA) is 58.6 Å². The maximum absolute atomic E-state index is 11.8. The van der Waals surface area contributed by atoms with Crippen LogP contribution in [-0.4, -0.2) is 24.7 Å². The molecule has 0 heterocycles. The van der Waals surface area contributed by atoms with Crippen molar-refractivity contribution in [2.45, 2.75) is 19.3 Å². The molecule has 4 nitrogen and oxygen atoms in total. The Morgan fingerprint density at radius 2 is 2.29 bits per heavy atom. The van der Waals surface area contributed by atoms with E-state index in [1.165, 1.54) is 26.0 Å². The summed E-state index contributed by atoms with van der Waals surface area (Å²) in [6.45, 7) is 0.676. The number of aromatic hydroxyl groups is 1. The van der Waals surface area contributed by atoms with E-state index in [0.29, 0.717) is 17.9 Å². The molecule has 1 aromatic rings. The van der Waals surface area contributed by atoms with Crippen LogP contribution in [0.25, 0.3) is 0 Å². The Morgan fingerprint density at radius 3 is 2.88 bits per heavy atom. The molecule has 0 radical (unpaired) electrons. The lowest BCUT2D eigenvalue weighted by atomic mass is 10.1. The summed E-state index contributed by atoms with van der Waals surface area (Å²) in [5.74, 6) is 1.05. The first-order valence-electron chi connectivity index (χ1n) is 5.86. The van der Waals surface area contributed by atoms with Crippen LogP contribution in [0.15, 0.2) is 18.2 Å². The second-order valence-electron chi connectivity index (χ2n) is 4.37. The number of amides is 1. The molecule has 1 aliphatic carbocycles. The first kappa shape index (κ1) is 11.8. The van der Waals surface area contributed by atoms with Crippen molar-refractivity contribution < 1.29 is 14.6 Å². The Labute approximate surface area is 101 Å². The molecule has 1 saturated carbocycles. The van der Waals surface area contributed by atoms with Crippen molar-refractivity contribution in [1.29, 1.82) is 0 Å². The Bertz CT molecular complexity index is 413. The number of hydrogen-bond acceptors (Lipinski definition) is 3. The van der Waals surface area contributed by atoms with Crippen LogP contribution in [0.4, 0.5) is 0 Å². The molecule has 0 aliphatic heterocycles. The summed E-state index contributed by atoms with van der Waals surface area (Å²) < 4.78 is 4.96. The number of hydrogen-bond donors (Lipinski definition) is 2. The molecule has 1 amide bonds. The van der Waals surface area contributed by atoms with Crippen molar-refractivity contribution >= 4 is 5.91 Å². The number of rotatable bonds is 5. The van der Waals surface area contributed by atoms with Crippen LogP contribution in [0, 0.1) is 5.92 Å². The van der Waals surface area contributed by atoms with Gasteiger partial charge in [-0.05, 0) is 24.5 Å². The molecule has 2 rings (SSSR count). The van der Waals surface area contributed by atoms with Crippen LogP contribution in [0.3, 0.4) is 0 Å². The minimum absolute atomic E-state index is 0.0479. The predicted octanol–water partition coefficient (Wildman–Crippen LogP) is 1.93. The highest BCUT2D eigenvalue weighted by atomic mass is 16.5. The minimum atomic E-state index is -0.231. The SMILES string of the molecule is COc1ccc(C(=O)NCCC2CC2)c(O)c1. The molecule has 0 unspecified atom stereocenters. The second kappa shape index (κ2) is 5.08. The van der Waals surface area contributed by atoms with Crippen LogP contribution < -0.4 is 10.1 Å². The summed E-state index contributed by atoms with van der Waals surface area (Å²) in [6.07, 6.45) is 3.59. The highest BCUT2D eigenvalue weighted by Crippen LogP contribution is 2.31. The quantitative estimate of drug-likeness (QED) is 0.819. The number of methoxy groups -OCH3 is 1. The van der Waals surface area contributed by atoms with Gasteiger partial charge >= 0.3 is 0 Å². The molecule has 92 valence electrons. The molecule has 17 heavy (non-hydrogen) atoms. The number of benzene rings is 1. The molecule has 4 heteroatoms. The van der Waals surface area contributed by atoms with Crippen LogP contribution in [0.5, 0.6) is 11.5 Å². The number of ether oxygens (including phenoxy) is 1. The van der Waals surface area contributed by atoms with Crippen molar-refractivity contribution in [3.05, 3.63) is 23.8 Å². The molecular formula is C13H17NO3. The fourth-order valence-electron chi connectivity index (χ4n) is 1.72. The summed E-state index contributed by atoms with van der Waals surface area (Å²) >= 11 is 0. The first-order chi connectivity index (χ1) is 8.20. The summed E-state index contributed by atoms with van der Waals surface area (Å²) in [4.78, 5) is 11.8. The van der Waals surface area contributed by atoms with E-state index >= 15 is 0 Å². The third-order valence-corrected chi connectivity index (χ3v) is 2.98. The predicted molar refractivity (Wildman–Crippen MR) is 64.3 cm³/mol. The second-order valence-corrected chi connectivity index (χ2v) is 4.37. The Hall–Kier alpha value is -1.71. The van der Waals surface area contributed by atoms with E-state index < -0.39 is 0 Å². The standard InChI is InChI=1S/C13H17NO3/c1-17-10-4-5-11(12(15)8-10)13(16)14-7-6-9-2-3-9/h4-5,8-9,15H,2-3,6-7H2,1H3,(H,14,16). The van der Waals surface area contributed by atoms with Crippen LogP contribution >= 0.6 is 0 Å². The molecule has 1 aliphatic rings.